The van der Waals surface area contributed by atoms with Gasteiger partial charge >= 0.3 is 11.4 Å². The molecule has 1 aliphatic rings. The van der Waals surface area contributed by atoms with Crippen LogP contribution in [0.1, 0.15) is 11.5 Å². The van der Waals surface area contributed by atoms with Gasteiger partial charge in [-0.2, -0.15) is 14.4 Å². The van der Waals surface area contributed by atoms with E-state index in [1.165, 1.54) is 12.4 Å². The van der Waals surface area contributed by atoms with Crippen molar-refractivity contribution >= 4 is 11.4 Å². The molecule has 0 saturated carbocycles. The van der Waals surface area contributed by atoms with Gasteiger partial charge in [-0.05, 0) is 12.1 Å². The quantitative estimate of drug-likeness (QED) is 0.742. The molecule has 0 aliphatic carbocycles. The van der Waals surface area contributed by atoms with E-state index >= 15 is 0 Å². The molecule has 0 saturated heterocycles. The molecule has 3 N–H and O–H groups in total. The third-order valence-electron chi connectivity index (χ3n) is 2.02. The second-order valence-corrected chi connectivity index (χ2v) is 3.86. The predicted octanol–water partition coefficient (Wildman–Crippen LogP) is 0.221. The Morgan fingerprint density at radius 3 is 3.06 bits per heavy atom. The van der Waals surface area contributed by atoms with Gasteiger partial charge in [-0.3, -0.25) is 14.5 Å². The molecule has 0 radical (unpaired) electrons. The van der Waals surface area contributed by atoms with E-state index in [0.29, 0.717) is 5.69 Å². The first-order valence-corrected chi connectivity index (χ1v) is 5.58. The first kappa shape index (κ1) is 11.9. The molecule has 0 fully saturated rings. The normalized spacial score (nSPS) is 24.1. The first-order chi connectivity index (χ1) is 8.10. The Kier molecular flexibility index (Phi) is 3.33. The van der Waals surface area contributed by atoms with Crippen LogP contribution in [0.15, 0.2) is 34.8 Å². The van der Waals surface area contributed by atoms with Crippen LogP contribution in [0.2, 0.25) is 0 Å². The minimum absolute atomic E-state index is 0.187. The van der Waals surface area contributed by atoms with Gasteiger partial charge in [-0.15, -0.1) is 0 Å². The molecule has 0 bridgehead atoms. The summed E-state index contributed by atoms with van der Waals surface area (Å²) in [5.41, 5.74) is 5.25. The summed E-state index contributed by atoms with van der Waals surface area (Å²) >= 11 is -2.35. The number of nitrogens with two attached hydrogens (primary N) is 1. The van der Waals surface area contributed by atoms with Gasteiger partial charge in [-0.1, -0.05) is 0 Å². The Morgan fingerprint density at radius 1 is 1.59 bits per heavy atom. The molecule has 1 aliphatic heterocycles. The van der Waals surface area contributed by atoms with Crippen molar-refractivity contribution in [3.05, 3.63) is 36.1 Å². The monoisotopic (exact) mass is 255 g/mol. The smallest absolute Gasteiger partial charge is 0.297 e. The van der Waals surface area contributed by atoms with Gasteiger partial charge in [0.05, 0.1) is 5.69 Å². The summed E-state index contributed by atoms with van der Waals surface area (Å²) < 4.78 is 23.3. The van der Waals surface area contributed by atoms with Crippen LogP contribution in [0.4, 0.5) is 0 Å². The van der Waals surface area contributed by atoms with E-state index < -0.39 is 17.0 Å². The zero-order chi connectivity index (χ0) is 12.3. The minimum atomic E-state index is -2.35. The summed E-state index contributed by atoms with van der Waals surface area (Å²) in [5, 5.41) is 7.48. The fraction of sp³-hybridized carbons (Fsp3) is 0.250. The van der Waals surface area contributed by atoms with E-state index in [4.69, 9.17) is 10.3 Å². The van der Waals surface area contributed by atoms with Crippen LogP contribution in [0.25, 0.3) is 0 Å². The van der Waals surface area contributed by atoms with Crippen LogP contribution in [-0.2, 0) is 27.8 Å². The summed E-state index contributed by atoms with van der Waals surface area (Å²) in [5.74, 6) is 0.241. The van der Waals surface area contributed by atoms with Crippen LogP contribution in [0, 0.1) is 0 Å². The van der Waals surface area contributed by atoms with E-state index in [9.17, 15) is 4.21 Å². The highest BCUT2D eigenvalue weighted by Crippen LogP contribution is 2.23. The molecule has 0 aromatic carbocycles. The van der Waals surface area contributed by atoms with Crippen LogP contribution in [0.3, 0.4) is 0 Å². The highest BCUT2D eigenvalue weighted by Gasteiger charge is 2.28. The molecular weight excluding hydrogens is 246 g/mol. The lowest BCUT2D eigenvalue weighted by Crippen LogP contribution is -2.32. The highest BCUT2D eigenvalue weighted by atomic mass is 32.2. The van der Waals surface area contributed by atoms with Crippen LogP contribution < -0.4 is 5.73 Å². The predicted molar refractivity (Wildman–Crippen MR) is 57.5 cm³/mol. The maximum Gasteiger partial charge on any atom is 0.302 e. The Balaban J connectivity index is 2.20. The van der Waals surface area contributed by atoms with Crippen LogP contribution >= 0.6 is 0 Å². The zero-order valence-electron chi connectivity index (χ0n) is 8.55. The molecule has 1 aromatic rings. The molecule has 1 aromatic heterocycles. The molecule has 0 spiro atoms. The van der Waals surface area contributed by atoms with Crippen molar-refractivity contribution in [3.8, 4) is 0 Å². The van der Waals surface area contributed by atoms with Crippen molar-refractivity contribution < 1.29 is 12.9 Å². The fourth-order valence-corrected chi connectivity index (χ4v) is 1.45. The number of azo groups is 1. The van der Waals surface area contributed by atoms with Crippen molar-refractivity contribution in [3.63, 3.8) is 0 Å². The lowest BCUT2D eigenvalue weighted by atomic mass is 10.1. The van der Waals surface area contributed by atoms with Gasteiger partial charge in [0.2, 0.25) is 0 Å². The summed E-state index contributed by atoms with van der Waals surface area (Å²) in [6.45, 7) is -0.187. The number of hydrogen-bond acceptors (Lipinski definition) is 7. The average molecular weight is 255 g/mol. The molecule has 2 unspecified atom stereocenters. The number of nitrogens with zero attached hydrogens (tertiary/aromatic N) is 4. The van der Waals surface area contributed by atoms with Gasteiger partial charge < -0.3 is 0 Å². The largest absolute Gasteiger partial charge is 0.302 e. The van der Waals surface area contributed by atoms with Gasteiger partial charge in [0.1, 0.15) is 6.61 Å². The summed E-state index contributed by atoms with van der Waals surface area (Å²) in [4.78, 5) is 7.97. The van der Waals surface area contributed by atoms with E-state index in [0.717, 1.165) is 0 Å². The van der Waals surface area contributed by atoms with Crippen molar-refractivity contribution in [1.29, 1.82) is 0 Å². The Morgan fingerprint density at radius 2 is 2.41 bits per heavy atom. The Labute approximate surface area is 99.1 Å². The zero-order valence-corrected chi connectivity index (χ0v) is 9.37. The molecule has 0 amide bonds. The topological polar surface area (TPSA) is 123 Å². The van der Waals surface area contributed by atoms with E-state index in [1.54, 1.807) is 12.1 Å². The molecule has 2 heterocycles. The number of aromatic nitrogens is 2. The fourth-order valence-electron chi connectivity index (χ4n) is 1.24. The van der Waals surface area contributed by atoms with E-state index in [1.807, 2.05) is 0 Å². The molecule has 90 valence electrons. The average Bonchev–Trinajstić information content (AvgIpc) is 2.75. The maximum absolute atomic E-state index is 10.3. The van der Waals surface area contributed by atoms with Crippen molar-refractivity contribution in [2.45, 2.75) is 12.3 Å². The highest BCUT2D eigenvalue weighted by molar-refractivity contribution is 7.74. The number of rotatable bonds is 4. The van der Waals surface area contributed by atoms with E-state index in [2.05, 4.69) is 24.4 Å². The second kappa shape index (κ2) is 4.75. The minimum Gasteiger partial charge on any atom is -0.297 e. The molecule has 17 heavy (non-hydrogen) atoms. The third kappa shape index (κ3) is 2.77. The second-order valence-electron chi connectivity index (χ2n) is 3.19. The lowest BCUT2D eigenvalue weighted by molar-refractivity contribution is 0.287. The summed E-state index contributed by atoms with van der Waals surface area (Å²) in [6, 6.07) is 1.59. The third-order valence-corrected chi connectivity index (χ3v) is 2.34. The molecule has 9 heteroatoms. The first-order valence-electron chi connectivity index (χ1n) is 4.55. The van der Waals surface area contributed by atoms with Crippen LogP contribution in [-0.4, -0.2) is 18.7 Å². The van der Waals surface area contributed by atoms with Gasteiger partial charge in [0, 0.05) is 12.4 Å². The van der Waals surface area contributed by atoms with Gasteiger partial charge in [0.25, 0.3) is 0 Å². The van der Waals surface area contributed by atoms with Gasteiger partial charge in [-0.25, -0.2) is 9.97 Å². The van der Waals surface area contributed by atoms with E-state index in [-0.39, 0.29) is 12.4 Å². The van der Waals surface area contributed by atoms with Crippen molar-refractivity contribution in [2.75, 3.05) is 0 Å². The maximum atomic E-state index is 10.3. The van der Waals surface area contributed by atoms with Crippen molar-refractivity contribution in [1.82, 2.24) is 9.97 Å². The molecular formula is C8H9N5O3S. The van der Waals surface area contributed by atoms with Gasteiger partial charge in [0.15, 0.2) is 11.5 Å². The van der Waals surface area contributed by atoms with Crippen molar-refractivity contribution in [2.24, 2.45) is 16.0 Å². The standard InChI is InChI=1S/C8H9N5O3S/c9-8(2-4-11-13-8)6-1-3-10-7(12-6)5-16-17(14)15/h1-4H,5,9H2,(H,14,15). The Hall–Kier alpha value is -1.55. The summed E-state index contributed by atoms with van der Waals surface area (Å²) in [6.07, 6.45) is 4.53. The molecule has 2 atom stereocenters. The lowest BCUT2D eigenvalue weighted by Gasteiger charge is -2.15. The number of hydrogen-bond donors (Lipinski definition) is 2. The molecule has 2 rings (SSSR count). The Bertz CT molecular complexity index is 492. The van der Waals surface area contributed by atoms with Crippen LogP contribution in [0.5, 0.6) is 0 Å². The molecule has 8 nitrogen and oxygen atoms in total. The SMILES string of the molecule is NC1(c2ccnc(COS(=O)O)n2)C=CN=N1. The summed E-state index contributed by atoms with van der Waals surface area (Å²) in [7, 11) is 0.